The lowest BCUT2D eigenvalue weighted by atomic mass is 9.95. The molecule has 16 heavy (non-hydrogen) atoms. The largest absolute Gasteiger partial charge is 0.312 e. The maximum atomic E-state index is 3.42. The standard InChI is InChI=1S/C14H25NS/c1-10(2)9-11(15-6)12-7-8-13(16-12)14(3,4)5/h7-8,10-11,15H,9H2,1-6H3. The smallest absolute Gasteiger partial charge is 0.0414 e. The van der Waals surface area contributed by atoms with Crippen LogP contribution >= 0.6 is 11.3 Å². The summed E-state index contributed by atoms with van der Waals surface area (Å²) in [7, 11) is 2.06. The zero-order valence-corrected chi connectivity index (χ0v) is 12.2. The van der Waals surface area contributed by atoms with Gasteiger partial charge in [0.15, 0.2) is 0 Å². The van der Waals surface area contributed by atoms with Gasteiger partial charge in [-0.2, -0.15) is 0 Å². The first-order valence-electron chi connectivity index (χ1n) is 6.12. The highest BCUT2D eigenvalue weighted by Crippen LogP contribution is 2.34. The second-order valence-electron chi connectivity index (χ2n) is 5.92. The molecule has 0 spiro atoms. The lowest BCUT2D eigenvalue weighted by molar-refractivity contribution is 0.462. The fourth-order valence-electron chi connectivity index (χ4n) is 1.79. The maximum Gasteiger partial charge on any atom is 0.0414 e. The molecule has 92 valence electrons. The first-order valence-corrected chi connectivity index (χ1v) is 6.93. The van der Waals surface area contributed by atoms with Crippen LogP contribution in [0.2, 0.25) is 0 Å². The van der Waals surface area contributed by atoms with Gasteiger partial charge in [0, 0.05) is 15.8 Å². The summed E-state index contributed by atoms with van der Waals surface area (Å²) < 4.78 is 0. The van der Waals surface area contributed by atoms with Crippen molar-refractivity contribution in [2.75, 3.05) is 7.05 Å². The summed E-state index contributed by atoms with van der Waals surface area (Å²) in [6.07, 6.45) is 1.21. The van der Waals surface area contributed by atoms with E-state index in [0.717, 1.165) is 5.92 Å². The van der Waals surface area contributed by atoms with Crippen LogP contribution in [0.3, 0.4) is 0 Å². The normalized spacial score (nSPS) is 14.4. The molecule has 0 bridgehead atoms. The third kappa shape index (κ3) is 3.60. The van der Waals surface area contributed by atoms with E-state index in [1.54, 1.807) is 0 Å². The Labute approximate surface area is 104 Å². The highest BCUT2D eigenvalue weighted by atomic mass is 32.1. The van der Waals surface area contributed by atoms with Gasteiger partial charge in [-0.3, -0.25) is 0 Å². The van der Waals surface area contributed by atoms with Crippen molar-refractivity contribution in [1.29, 1.82) is 0 Å². The molecule has 1 aromatic rings. The van der Waals surface area contributed by atoms with Gasteiger partial charge in [0.2, 0.25) is 0 Å². The molecule has 0 aromatic carbocycles. The van der Waals surface area contributed by atoms with Gasteiger partial charge in [-0.25, -0.2) is 0 Å². The summed E-state index contributed by atoms with van der Waals surface area (Å²) in [6, 6.07) is 5.08. The molecule has 1 nitrogen and oxygen atoms in total. The van der Waals surface area contributed by atoms with Crippen LogP contribution in [0.15, 0.2) is 12.1 Å². The maximum absolute atomic E-state index is 3.42. The van der Waals surface area contributed by atoms with Gasteiger partial charge in [-0.15, -0.1) is 11.3 Å². The SMILES string of the molecule is CNC(CC(C)C)c1ccc(C(C)(C)C)s1. The van der Waals surface area contributed by atoms with Gasteiger partial charge in [-0.05, 0) is 36.9 Å². The predicted octanol–water partition coefficient (Wildman–Crippen LogP) is 4.35. The minimum Gasteiger partial charge on any atom is -0.312 e. The number of rotatable bonds is 4. The molecule has 0 saturated heterocycles. The molecular weight excluding hydrogens is 214 g/mol. The van der Waals surface area contributed by atoms with E-state index >= 15 is 0 Å². The highest BCUT2D eigenvalue weighted by Gasteiger charge is 2.19. The summed E-state index contributed by atoms with van der Waals surface area (Å²) in [5, 5.41) is 3.42. The van der Waals surface area contributed by atoms with Crippen LogP contribution in [0.1, 0.15) is 56.8 Å². The van der Waals surface area contributed by atoms with Gasteiger partial charge < -0.3 is 5.32 Å². The third-order valence-electron chi connectivity index (χ3n) is 2.76. The van der Waals surface area contributed by atoms with Crippen molar-refractivity contribution in [3.8, 4) is 0 Å². The summed E-state index contributed by atoms with van der Waals surface area (Å²) in [5.74, 6) is 0.734. The number of nitrogens with one attached hydrogen (secondary N) is 1. The predicted molar refractivity (Wildman–Crippen MR) is 74.3 cm³/mol. The molecule has 0 aliphatic rings. The first-order chi connectivity index (χ1) is 7.34. The molecule has 1 aromatic heterocycles. The van der Waals surface area contributed by atoms with E-state index in [2.05, 4.69) is 59.1 Å². The van der Waals surface area contributed by atoms with E-state index in [1.165, 1.54) is 16.2 Å². The van der Waals surface area contributed by atoms with Gasteiger partial charge in [0.05, 0.1) is 0 Å². The minimum atomic E-state index is 0.277. The molecule has 1 atom stereocenters. The van der Waals surface area contributed by atoms with E-state index in [-0.39, 0.29) is 5.41 Å². The third-order valence-corrected chi connectivity index (χ3v) is 4.39. The molecule has 1 unspecified atom stereocenters. The van der Waals surface area contributed by atoms with Crippen LogP contribution < -0.4 is 5.32 Å². The van der Waals surface area contributed by atoms with Gasteiger partial charge in [0.25, 0.3) is 0 Å². The number of thiophene rings is 1. The second kappa shape index (κ2) is 5.33. The average molecular weight is 239 g/mol. The van der Waals surface area contributed by atoms with Crippen LogP contribution in [0, 0.1) is 5.92 Å². The lowest BCUT2D eigenvalue weighted by Gasteiger charge is -2.18. The van der Waals surface area contributed by atoms with Crippen LogP contribution in [0.5, 0.6) is 0 Å². The van der Waals surface area contributed by atoms with Crippen LogP contribution in [-0.2, 0) is 5.41 Å². The van der Waals surface area contributed by atoms with Crippen molar-refractivity contribution in [2.24, 2.45) is 5.92 Å². The van der Waals surface area contributed by atoms with Crippen molar-refractivity contribution >= 4 is 11.3 Å². The van der Waals surface area contributed by atoms with Crippen LogP contribution in [-0.4, -0.2) is 7.05 Å². The monoisotopic (exact) mass is 239 g/mol. The Morgan fingerprint density at radius 2 is 1.88 bits per heavy atom. The Hall–Kier alpha value is -0.340. The summed E-state index contributed by atoms with van der Waals surface area (Å²) in [6.45, 7) is 11.4. The van der Waals surface area contributed by atoms with Crippen molar-refractivity contribution < 1.29 is 0 Å². The van der Waals surface area contributed by atoms with E-state index < -0.39 is 0 Å². The Balaban J connectivity index is 2.83. The summed E-state index contributed by atoms with van der Waals surface area (Å²) in [4.78, 5) is 2.95. The van der Waals surface area contributed by atoms with Crippen molar-refractivity contribution in [3.05, 3.63) is 21.9 Å². The molecule has 0 fully saturated rings. The minimum absolute atomic E-state index is 0.277. The lowest BCUT2D eigenvalue weighted by Crippen LogP contribution is -2.17. The van der Waals surface area contributed by atoms with E-state index in [1.807, 2.05) is 11.3 Å². The van der Waals surface area contributed by atoms with E-state index in [0.29, 0.717) is 6.04 Å². The van der Waals surface area contributed by atoms with Gasteiger partial charge >= 0.3 is 0 Å². The molecule has 0 aliphatic heterocycles. The molecule has 0 aliphatic carbocycles. The van der Waals surface area contributed by atoms with Crippen LogP contribution in [0.4, 0.5) is 0 Å². The number of hydrogen-bond donors (Lipinski definition) is 1. The highest BCUT2D eigenvalue weighted by molar-refractivity contribution is 7.12. The Kier molecular flexibility index (Phi) is 4.57. The van der Waals surface area contributed by atoms with Crippen molar-refractivity contribution in [2.45, 2.75) is 52.5 Å². The van der Waals surface area contributed by atoms with Crippen molar-refractivity contribution in [3.63, 3.8) is 0 Å². The molecule has 2 heteroatoms. The average Bonchev–Trinajstić information content (AvgIpc) is 2.61. The molecule has 1 rings (SSSR count). The van der Waals surface area contributed by atoms with Gasteiger partial charge in [0.1, 0.15) is 0 Å². The molecule has 1 heterocycles. The van der Waals surface area contributed by atoms with E-state index in [9.17, 15) is 0 Å². The first kappa shape index (κ1) is 13.7. The quantitative estimate of drug-likeness (QED) is 0.823. The van der Waals surface area contributed by atoms with E-state index in [4.69, 9.17) is 0 Å². The Morgan fingerprint density at radius 3 is 2.25 bits per heavy atom. The number of hydrogen-bond acceptors (Lipinski definition) is 2. The second-order valence-corrected chi connectivity index (χ2v) is 7.04. The summed E-state index contributed by atoms with van der Waals surface area (Å²) in [5.41, 5.74) is 0.277. The molecular formula is C14H25NS. The topological polar surface area (TPSA) is 12.0 Å². The Morgan fingerprint density at radius 1 is 1.25 bits per heavy atom. The molecule has 0 amide bonds. The zero-order valence-electron chi connectivity index (χ0n) is 11.4. The molecule has 0 saturated carbocycles. The molecule has 1 N–H and O–H groups in total. The van der Waals surface area contributed by atoms with Crippen molar-refractivity contribution in [1.82, 2.24) is 5.32 Å². The fourth-order valence-corrected chi connectivity index (χ4v) is 2.98. The van der Waals surface area contributed by atoms with Gasteiger partial charge in [-0.1, -0.05) is 34.6 Å². The zero-order chi connectivity index (χ0) is 12.3. The molecule has 0 radical (unpaired) electrons. The Bertz CT molecular complexity index is 320. The fraction of sp³-hybridized carbons (Fsp3) is 0.714. The summed E-state index contributed by atoms with van der Waals surface area (Å²) >= 11 is 1.95. The van der Waals surface area contributed by atoms with Crippen LogP contribution in [0.25, 0.3) is 0 Å².